The molecule has 19 heteroatoms. The number of amides is 1. The van der Waals surface area contributed by atoms with Gasteiger partial charge in [-0.15, -0.1) is 0 Å². The number of carbonyl (C=O) groups excluding carboxylic acids is 1. The number of carbonyl (C=O) groups is 1. The molecule has 0 aliphatic carbocycles. The predicted molar refractivity (Wildman–Crippen MR) is 98.7 cm³/mol. The molecule has 0 fully saturated rings. The molecule has 0 saturated carbocycles. The maximum atomic E-state index is 14.3. The summed E-state index contributed by atoms with van der Waals surface area (Å²) in [5.41, 5.74) is 0. The van der Waals surface area contributed by atoms with Crippen LogP contribution in [0.15, 0.2) is 0 Å². The summed E-state index contributed by atoms with van der Waals surface area (Å²) in [6, 6.07) is 0. The highest BCUT2D eigenvalue weighted by Crippen LogP contribution is 2.62. The normalized spacial score (nSPS) is 15.1. The van der Waals surface area contributed by atoms with Gasteiger partial charge in [0, 0.05) is 13.1 Å². The Labute approximate surface area is 201 Å². The molecule has 222 valence electrons. The first-order valence-electron chi connectivity index (χ1n) is 10.1. The first-order valence-corrected chi connectivity index (χ1v) is 10.1. The minimum atomic E-state index is -8.42. The highest BCUT2D eigenvalue weighted by Gasteiger charge is 2.94. The second-order valence-corrected chi connectivity index (χ2v) is 8.55. The van der Waals surface area contributed by atoms with Gasteiger partial charge < -0.3 is 14.7 Å². The Bertz CT molecular complexity index is 752. The Morgan fingerprint density at radius 2 is 0.784 bits per heavy atom. The summed E-state index contributed by atoms with van der Waals surface area (Å²) in [5.74, 6) is -51.2. The van der Waals surface area contributed by atoms with Crippen molar-refractivity contribution in [2.45, 2.75) is 54.6 Å². The van der Waals surface area contributed by atoms with Gasteiger partial charge in [0.25, 0.3) is 5.91 Å². The van der Waals surface area contributed by atoms with Crippen LogP contribution in [0.25, 0.3) is 0 Å². The lowest BCUT2D eigenvalue weighted by atomic mass is 9.90. The van der Waals surface area contributed by atoms with E-state index in [4.69, 9.17) is 0 Å². The first kappa shape index (κ1) is 35.3. The van der Waals surface area contributed by atoms with E-state index in [0.29, 0.717) is 0 Å². The van der Waals surface area contributed by atoms with Crippen molar-refractivity contribution in [3.8, 4) is 0 Å². The smallest absolute Gasteiger partial charge is 0.337 e. The summed E-state index contributed by atoms with van der Waals surface area (Å²) in [7, 11) is 5.78. The zero-order chi connectivity index (χ0) is 30.1. The number of rotatable bonds is 14. The van der Waals surface area contributed by atoms with E-state index in [-0.39, 0.29) is 30.8 Å². The molecule has 1 amide bonds. The molecule has 0 radical (unpaired) electrons. The lowest BCUT2D eigenvalue weighted by molar-refractivity contribution is -0.449. The molecule has 0 aromatic carbocycles. The van der Waals surface area contributed by atoms with E-state index in [1.165, 1.54) is 38.0 Å². The predicted octanol–water partition coefficient (Wildman–Crippen LogP) is 5.09. The molecule has 0 N–H and O–H groups in total. The van der Waals surface area contributed by atoms with Gasteiger partial charge in [-0.1, -0.05) is 0 Å². The Balaban J connectivity index is 6.47. The van der Waals surface area contributed by atoms with E-state index in [1.807, 2.05) is 0 Å². The van der Waals surface area contributed by atoms with E-state index >= 15 is 0 Å². The van der Waals surface area contributed by atoms with Gasteiger partial charge in [0.15, 0.2) is 0 Å². The third-order valence-corrected chi connectivity index (χ3v) is 4.95. The molecule has 0 aromatic rings. The second-order valence-electron chi connectivity index (χ2n) is 8.55. The van der Waals surface area contributed by atoms with Crippen molar-refractivity contribution in [1.29, 1.82) is 0 Å². The number of hydrogen-bond donors (Lipinski definition) is 0. The van der Waals surface area contributed by atoms with Gasteiger partial charge in [-0.05, 0) is 54.1 Å². The van der Waals surface area contributed by atoms with E-state index in [9.17, 15) is 70.7 Å². The summed E-state index contributed by atoms with van der Waals surface area (Å²) < 4.78 is 201. The Kier molecular flexibility index (Phi) is 10.7. The van der Waals surface area contributed by atoms with Crippen molar-refractivity contribution in [3.63, 3.8) is 0 Å². The third-order valence-electron chi connectivity index (χ3n) is 4.95. The SMILES string of the molecule is CN(C)CCCN(CCCN(C)C)C(=O)C(F)(F)C(F)(F)C(F)(F)C(F)(F)C(F)(F)C(F)(F)C(F)(F)F. The van der Waals surface area contributed by atoms with E-state index in [1.54, 1.807) is 0 Å². The highest BCUT2D eigenvalue weighted by molar-refractivity contribution is 5.85. The topological polar surface area (TPSA) is 26.8 Å². The number of nitrogens with zero attached hydrogens (tertiary/aromatic N) is 3. The average molecular weight is 583 g/mol. The molecule has 0 spiro atoms. The minimum absolute atomic E-state index is 0.00635. The quantitative estimate of drug-likeness (QED) is 0.267. The van der Waals surface area contributed by atoms with Crippen molar-refractivity contribution in [1.82, 2.24) is 14.7 Å². The van der Waals surface area contributed by atoms with E-state index < -0.39 is 60.7 Å². The number of hydrogen-bond acceptors (Lipinski definition) is 3. The molecule has 0 rings (SSSR count). The van der Waals surface area contributed by atoms with Gasteiger partial charge in [-0.3, -0.25) is 4.79 Å². The Morgan fingerprint density at radius 1 is 0.486 bits per heavy atom. The molecule has 0 unspecified atom stereocenters. The molecular weight excluding hydrogens is 559 g/mol. The van der Waals surface area contributed by atoms with Crippen molar-refractivity contribution >= 4 is 5.91 Å². The van der Waals surface area contributed by atoms with Crippen molar-refractivity contribution in [2.75, 3.05) is 54.4 Å². The summed E-state index contributed by atoms with van der Waals surface area (Å²) in [6.07, 6.45) is -8.20. The summed E-state index contributed by atoms with van der Waals surface area (Å²) in [6.45, 7) is -1.68. The number of alkyl halides is 15. The van der Waals surface area contributed by atoms with Crippen LogP contribution in [0.2, 0.25) is 0 Å². The Morgan fingerprint density at radius 3 is 1.08 bits per heavy atom. The van der Waals surface area contributed by atoms with Gasteiger partial charge in [-0.2, -0.15) is 65.9 Å². The standard InChI is InChI=1S/C18H24F15N3O/c1-34(2)7-5-9-36(10-6-8-35(3)4)11(37)12(19,20)13(21,22)14(23,24)15(25,26)16(27,28)17(29,30)18(31,32)33/h5-10H2,1-4H3. The fraction of sp³-hybridized carbons (Fsp3) is 0.944. The summed E-state index contributed by atoms with van der Waals surface area (Å²) in [4.78, 5) is 14.8. The molecule has 0 aromatic heterocycles. The molecule has 0 bridgehead atoms. The Hall–Kier alpha value is -1.66. The largest absolute Gasteiger partial charge is 0.460 e. The van der Waals surface area contributed by atoms with Crippen LogP contribution in [0.3, 0.4) is 0 Å². The van der Waals surface area contributed by atoms with Crippen LogP contribution in [-0.4, -0.2) is 117 Å². The zero-order valence-electron chi connectivity index (χ0n) is 19.7. The van der Waals surface area contributed by atoms with Crippen LogP contribution in [-0.2, 0) is 4.79 Å². The van der Waals surface area contributed by atoms with Crippen LogP contribution in [0.5, 0.6) is 0 Å². The second kappa shape index (κ2) is 11.2. The van der Waals surface area contributed by atoms with Crippen LogP contribution >= 0.6 is 0 Å². The van der Waals surface area contributed by atoms with Crippen LogP contribution in [0.1, 0.15) is 12.8 Å². The molecule has 0 aliphatic rings. The van der Waals surface area contributed by atoms with Crippen LogP contribution < -0.4 is 0 Å². The molecule has 0 aliphatic heterocycles. The van der Waals surface area contributed by atoms with Gasteiger partial charge in [0.1, 0.15) is 0 Å². The van der Waals surface area contributed by atoms with Crippen molar-refractivity contribution in [3.05, 3.63) is 0 Å². The van der Waals surface area contributed by atoms with Gasteiger partial charge in [-0.25, -0.2) is 0 Å². The third kappa shape index (κ3) is 6.50. The molecule has 0 atom stereocenters. The van der Waals surface area contributed by atoms with Crippen LogP contribution in [0.4, 0.5) is 65.9 Å². The maximum Gasteiger partial charge on any atom is 0.460 e. The molecule has 0 saturated heterocycles. The van der Waals surface area contributed by atoms with E-state index in [2.05, 4.69) is 0 Å². The fourth-order valence-corrected chi connectivity index (χ4v) is 2.77. The lowest BCUT2D eigenvalue weighted by Gasteiger charge is -2.41. The lowest BCUT2D eigenvalue weighted by Crippen LogP contribution is -2.74. The average Bonchev–Trinajstić information content (AvgIpc) is 2.69. The van der Waals surface area contributed by atoms with Gasteiger partial charge >= 0.3 is 41.7 Å². The van der Waals surface area contributed by atoms with Crippen LogP contribution in [0, 0.1) is 0 Å². The molecule has 4 nitrogen and oxygen atoms in total. The minimum Gasteiger partial charge on any atom is -0.337 e. The maximum absolute atomic E-state index is 14.3. The molecular formula is C18H24F15N3O. The summed E-state index contributed by atoms with van der Waals surface area (Å²) >= 11 is 0. The van der Waals surface area contributed by atoms with Gasteiger partial charge in [0.2, 0.25) is 0 Å². The van der Waals surface area contributed by atoms with Crippen molar-refractivity contribution < 1.29 is 70.7 Å². The number of halogens is 15. The zero-order valence-corrected chi connectivity index (χ0v) is 19.7. The fourth-order valence-electron chi connectivity index (χ4n) is 2.77. The first-order chi connectivity index (χ1) is 16.1. The van der Waals surface area contributed by atoms with Gasteiger partial charge in [0.05, 0.1) is 0 Å². The molecule has 0 heterocycles. The highest BCUT2D eigenvalue weighted by atomic mass is 19.4. The molecule has 37 heavy (non-hydrogen) atoms. The monoisotopic (exact) mass is 583 g/mol. The van der Waals surface area contributed by atoms with Crippen molar-refractivity contribution in [2.24, 2.45) is 0 Å². The summed E-state index contributed by atoms with van der Waals surface area (Å²) in [5, 5.41) is 0. The van der Waals surface area contributed by atoms with E-state index in [0.717, 1.165) is 0 Å².